The molecule has 0 unspecified atom stereocenters. The highest BCUT2D eigenvalue weighted by atomic mass is 32.2. The van der Waals surface area contributed by atoms with Crippen molar-refractivity contribution >= 4 is 21.8 Å². The van der Waals surface area contributed by atoms with Crippen molar-refractivity contribution in [2.24, 2.45) is 0 Å². The van der Waals surface area contributed by atoms with Crippen LogP contribution in [0.3, 0.4) is 0 Å². The molecule has 4 rings (SSSR count). The van der Waals surface area contributed by atoms with E-state index < -0.39 is 10.0 Å². The number of sulfonamides is 1. The van der Waals surface area contributed by atoms with Crippen LogP contribution in [0.15, 0.2) is 52.5 Å². The van der Waals surface area contributed by atoms with E-state index in [4.69, 9.17) is 15.3 Å². The van der Waals surface area contributed by atoms with Gasteiger partial charge in [0.05, 0.1) is 4.90 Å². The summed E-state index contributed by atoms with van der Waals surface area (Å²) in [4.78, 5) is 0.201. The highest BCUT2D eigenvalue weighted by Gasteiger charge is 2.23. The Morgan fingerprint density at radius 1 is 1.06 bits per heavy atom. The van der Waals surface area contributed by atoms with Crippen molar-refractivity contribution in [3.63, 3.8) is 0 Å². The first-order chi connectivity index (χ1) is 15.4. The highest BCUT2D eigenvalue weighted by molar-refractivity contribution is 7.98. The van der Waals surface area contributed by atoms with Crippen LogP contribution in [0.1, 0.15) is 19.4 Å². The average Bonchev–Trinajstić information content (AvgIpc) is 3.18. The Morgan fingerprint density at radius 3 is 2.56 bits per heavy atom. The maximum Gasteiger partial charge on any atom is 0.243 e. The number of nitrogens with two attached hydrogens (primary N) is 1. The molecule has 0 atom stereocenters. The second-order valence-electron chi connectivity index (χ2n) is 7.06. The Labute approximate surface area is 191 Å². The van der Waals surface area contributed by atoms with E-state index in [2.05, 4.69) is 10.2 Å². The molecule has 2 heterocycles. The number of thioether (sulfide) groups is 1. The van der Waals surface area contributed by atoms with E-state index in [1.54, 1.807) is 24.3 Å². The Kier molecular flexibility index (Phi) is 6.58. The number of hydrogen-bond acceptors (Lipinski definition) is 8. The van der Waals surface area contributed by atoms with Crippen LogP contribution in [0.2, 0.25) is 0 Å². The molecule has 0 aliphatic carbocycles. The fourth-order valence-electron chi connectivity index (χ4n) is 3.41. The number of aromatic nitrogens is 3. The molecule has 11 heteroatoms. The zero-order valence-corrected chi connectivity index (χ0v) is 19.5. The predicted molar refractivity (Wildman–Crippen MR) is 123 cm³/mol. The third kappa shape index (κ3) is 4.41. The number of nitrogen functional groups attached to an aromatic ring is 1. The van der Waals surface area contributed by atoms with Crippen molar-refractivity contribution in [3.8, 4) is 22.9 Å². The van der Waals surface area contributed by atoms with E-state index in [1.807, 2.05) is 32.0 Å². The number of rotatable bonds is 8. The summed E-state index contributed by atoms with van der Waals surface area (Å²) in [5.74, 6) is 8.73. The summed E-state index contributed by atoms with van der Waals surface area (Å²) in [6.07, 6.45) is 0. The monoisotopic (exact) mass is 475 g/mol. The van der Waals surface area contributed by atoms with Gasteiger partial charge in [-0.2, -0.15) is 4.31 Å². The topological polar surface area (TPSA) is 113 Å². The van der Waals surface area contributed by atoms with Crippen molar-refractivity contribution < 1.29 is 17.9 Å². The summed E-state index contributed by atoms with van der Waals surface area (Å²) in [6.45, 7) is 5.51. The molecule has 3 aromatic rings. The van der Waals surface area contributed by atoms with Crippen molar-refractivity contribution in [2.75, 3.05) is 32.1 Å². The lowest BCUT2D eigenvalue weighted by molar-refractivity contribution is 0.171. The summed E-state index contributed by atoms with van der Waals surface area (Å²) in [7, 11) is -3.58. The standard InChI is InChI=1S/C21H25N5O4S2/c1-3-25(4-2)32(27,28)17-7-5-6-16(13-17)20-23-24-21(26(20)22)31-14-15-8-9-18-19(12-15)30-11-10-29-18/h5-9,12-13H,3-4,10-11,14,22H2,1-2H3. The SMILES string of the molecule is CCN(CC)S(=O)(=O)c1cccc(-c2nnc(SCc3ccc4c(c3)OCCO4)n2N)c1. The van der Waals surface area contributed by atoms with Gasteiger partial charge in [-0.05, 0) is 29.8 Å². The van der Waals surface area contributed by atoms with Gasteiger partial charge in [0.25, 0.3) is 0 Å². The summed E-state index contributed by atoms with van der Waals surface area (Å²) in [5.41, 5.74) is 1.62. The number of ether oxygens (including phenoxy) is 2. The van der Waals surface area contributed by atoms with Crippen molar-refractivity contribution in [2.45, 2.75) is 29.7 Å². The normalized spacial score (nSPS) is 13.5. The zero-order valence-electron chi connectivity index (χ0n) is 17.9. The summed E-state index contributed by atoms with van der Waals surface area (Å²) < 4.78 is 39.7. The molecule has 2 N–H and O–H groups in total. The maximum absolute atomic E-state index is 12.9. The van der Waals surface area contributed by atoms with Crippen LogP contribution < -0.4 is 15.3 Å². The van der Waals surface area contributed by atoms with Crippen LogP contribution in [0.4, 0.5) is 0 Å². The van der Waals surface area contributed by atoms with Gasteiger partial charge in [-0.3, -0.25) is 0 Å². The number of benzene rings is 2. The Morgan fingerprint density at radius 2 is 1.81 bits per heavy atom. The third-order valence-corrected chi connectivity index (χ3v) is 8.13. The molecule has 0 saturated carbocycles. The van der Waals surface area contributed by atoms with Crippen LogP contribution in [0.25, 0.3) is 11.4 Å². The van der Waals surface area contributed by atoms with E-state index in [0.29, 0.717) is 48.6 Å². The lowest BCUT2D eigenvalue weighted by Gasteiger charge is -2.18. The van der Waals surface area contributed by atoms with Crippen molar-refractivity contribution in [1.82, 2.24) is 19.2 Å². The molecular weight excluding hydrogens is 450 g/mol. The molecule has 1 aliphatic rings. The molecule has 32 heavy (non-hydrogen) atoms. The second-order valence-corrected chi connectivity index (χ2v) is 9.94. The van der Waals surface area contributed by atoms with Gasteiger partial charge in [-0.1, -0.05) is 43.8 Å². The molecule has 9 nitrogen and oxygen atoms in total. The first-order valence-electron chi connectivity index (χ1n) is 10.3. The minimum atomic E-state index is -3.58. The maximum atomic E-state index is 12.9. The molecule has 0 bridgehead atoms. The Balaban J connectivity index is 1.53. The van der Waals surface area contributed by atoms with Gasteiger partial charge in [0.15, 0.2) is 17.3 Å². The van der Waals surface area contributed by atoms with Crippen molar-refractivity contribution in [3.05, 3.63) is 48.0 Å². The summed E-state index contributed by atoms with van der Waals surface area (Å²) in [5, 5.41) is 8.90. The lowest BCUT2D eigenvalue weighted by Crippen LogP contribution is -2.30. The number of hydrogen-bond donors (Lipinski definition) is 1. The van der Waals surface area contributed by atoms with Gasteiger partial charge in [0, 0.05) is 24.4 Å². The minimum Gasteiger partial charge on any atom is -0.486 e. The third-order valence-electron chi connectivity index (χ3n) is 5.07. The average molecular weight is 476 g/mol. The van der Waals surface area contributed by atoms with Crippen LogP contribution in [0.5, 0.6) is 11.5 Å². The van der Waals surface area contributed by atoms with Gasteiger partial charge in [-0.15, -0.1) is 10.2 Å². The molecule has 170 valence electrons. The van der Waals surface area contributed by atoms with Gasteiger partial charge < -0.3 is 15.3 Å². The van der Waals surface area contributed by atoms with E-state index in [-0.39, 0.29) is 4.90 Å². The summed E-state index contributed by atoms with van der Waals surface area (Å²) >= 11 is 1.43. The fraction of sp³-hybridized carbons (Fsp3) is 0.333. The predicted octanol–water partition coefficient (Wildman–Crippen LogP) is 2.75. The van der Waals surface area contributed by atoms with E-state index >= 15 is 0 Å². The molecule has 0 radical (unpaired) electrons. The van der Waals surface area contributed by atoms with Crippen LogP contribution in [0, 0.1) is 0 Å². The highest BCUT2D eigenvalue weighted by Crippen LogP contribution is 2.33. The quantitative estimate of drug-likeness (QED) is 0.391. The molecule has 0 fully saturated rings. The molecule has 0 saturated heterocycles. The van der Waals surface area contributed by atoms with Gasteiger partial charge >= 0.3 is 0 Å². The Hall–Kier alpha value is -2.76. The minimum absolute atomic E-state index is 0.201. The molecule has 1 aliphatic heterocycles. The molecule has 1 aromatic heterocycles. The number of nitrogens with zero attached hydrogens (tertiary/aromatic N) is 4. The number of fused-ring (bicyclic) bond motifs is 1. The Bertz CT molecular complexity index is 1210. The van der Waals surface area contributed by atoms with E-state index in [1.165, 1.54) is 20.7 Å². The van der Waals surface area contributed by atoms with E-state index in [9.17, 15) is 8.42 Å². The first-order valence-corrected chi connectivity index (χ1v) is 12.7. The van der Waals surface area contributed by atoms with E-state index in [0.717, 1.165) is 17.1 Å². The van der Waals surface area contributed by atoms with Crippen LogP contribution in [-0.2, 0) is 15.8 Å². The van der Waals surface area contributed by atoms with Gasteiger partial charge in [0.1, 0.15) is 13.2 Å². The largest absolute Gasteiger partial charge is 0.486 e. The van der Waals surface area contributed by atoms with Crippen LogP contribution >= 0.6 is 11.8 Å². The molecule has 2 aromatic carbocycles. The van der Waals surface area contributed by atoms with Crippen molar-refractivity contribution in [1.29, 1.82) is 0 Å². The zero-order chi connectivity index (χ0) is 22.7. The molecule has 0 spiro atoms. The lowest BCUT2D eigenvalue weighted by atomic mass is 10.2. The molecular formula is C21H25N5O4S2. The van der Waals surface area contributed by atoms with Crippen LogP contribution in [-0.4, -0.2) is 53.9 Å². The smallest absolute Gasteiger partial charge is 0.243 e. The van der Waals surface area contributed by atoms with Gasteiger partial charge in [-0.25, -0.2) is 13.1 Å². The fourth-order valence-corrected chi connectivity index (χ4v) is 5.71. The first kappa shape index (κ1) is 22.4. The second kappa shape index (κ2) is 9.39. The summed E-state index contributed by atoms with van der Waals surface area (Å²) in [6, 6.07) is 12.4. The molecule has 0 amide bonds. The van der Waals surface area contributed by atoms with Gasteiger partial charge in [0.2, 0.25) is 15.2 Å².